The quantitative estimate of drug-likeness (QED) is 0.878. The van der Waals surface area contributed by atoms with Crippen molar-refractivity contribution in [3.05, 3.63) is 52.0 Å². The molecule has 0 saturated carbocycles. The number of benzene rings is 2. The third-order valence-electron chi connectivity index (χ3n) is 3.76. The highest BCUT2D eigenvalue weighted by atomic mass is 79.9. The number of methoxy groups -OCH3 is 1. The summed E-state index contributed by atoms with van der Waals surface area (Å²) in [6, 6.07) is 12.5. The monoisotopic (exact) mass is 347 g/mol. The molecule has 1 aliphatic rings. The van der Waals surface area contributed by atoms with Crippen molar-refractivity contribution < 1.29 is 9.47 Å². The highest BCUT2D eigenvalue weighted by Gasteiger charge is 2.15. The van der Waals surface area contributed by atoms with Crippen LogP contribution in [0.15, 0.2) is 40.9 Å². The lowest BCUT2D eigenvalue weighted by Crippen LogP contribution is -2.07. The van der Waals surface area contributed by atoms with E-state index >= 15 is 0 Å². The van der Waals surface area contributed by atoms with Crippen LogP contribution in [-0.2, 0) is 6.42 Å². The van der Waals surface area contributed by atoms with Crippen molar-refractivity contribution in [3.63, 3.8) is 0 Å². The van der Waals surface area contributed by atoms with Gasteiger partial charge in [0.05, 0.1) is 19.4 Å². The van der Waals surface area contributed by atoms with Gasteiger partial charge in [-0.1, -0.05) is 6.07 Å². The lowest BCUT2D eigenvalue weighted by atomic mass is 10.0. The van der Waals surface area contributed by atoms with Gasteiger partial charge in [-0.25, -0.2) is 0 Å². The van der Waals surface area contributed by atoms with E-state index in [9.17, 15) is 0 Å². The second-order valence-corrected chi connectivity index (χ2v) is 6.03. The fraction of sp³-hybridized carbons (Fsp3) is 0.294. The van der Waals surface area contributed by atoms with Crippen LogP contribution in [0.2, 0.25) is 0 Å². The Balaban J connectivity index is 1.81. The molecule has 1 heterocycles. The van der Waals surface area contributed by atoms with Gasteiger partial charge in [-0.15, -0.1) is 0 Å². The second-order valence-electron chi connectivity index (χ2n) is 5.18. The summed E-state index contributed by atoms with van der Waals surface area (Å²) in [4.78, 5) is 0. The number of rotatable bonds is 4. The van der Waals surface area contributed by atoms with Crippen LogP contribution in [0, 0.1) is 0 Å². The maximum absolute atomic E-state index is 5.56. The summed E-state index contributed by atoms with van der Waals surface area (Å²) in [6.07, 6.45) is 0.999. The Morgan fingerprint density at radius 3 is 2.90 bits per heavy atom. The molecule has 1 atom stereocenters. The van der Waals surface area contributed by atoms with Crippen LogP contribution in [0.4, 0.5) is 5.69 Å². The molecular formula is C17H18BrNO2. The maximum atomic E-state index is 5.56. The third-order valence-corrected chi connectivity index (χ3v) is 4.45. The molecule has 4 heteroatoms. The zero-order valence-electron chi connectivity index (χ0n) is 12.2. The van der Waals surface area contributed by atoms with Crippen LogP contribution in [0.3, 0.4) is 0 Å². The molecule has 0 aromatic heterocycles. The van der Waals surface area contributed by atoms with Gasteiger partial charge in [-0.05, 0) is 58.2 Å². The number of anilines is 1. The molecular weight excluding hydrogens is 330 g/mol. The molecule has 0 aliphatic carbocycles. The molecule has 1 N–H and O–H groups in total. The zero-order chi connectivity index (χ0) is 14.8. The van der Waals surface area contributed by atoms with Crippen molar-refractivity contribution in [2.75, 3.05) is 19.0 Å². The minimum Gasteiger partial charge on any atom is -0.497 e. The van der Waals surface area contributed by atoms with E-state index in [0.717, 1.165) is 34.7 Å². The zero-order valence-corrected chi connectivity index (χ0v) is 13.7. The number of hydrogen-bond donors (Lipinski definition) is 1. The first-order valence-electron chi connectivity index (χ1n) is 7.03. The molecule has 1 aliphatic heterocycles. The van der Waals surface area contributed by atoms with Crippen LogP contribution in [0.25, 0.3) is 0 Å². The first-order chi connectivity index (χ1) is 10.2. The highest BCUT2D eigenvalue weighted by molar-refractivity contribution is 9.10. The molecule has 0 spiro atoms. The van der Waals surface area contributed by atoms with Crippen molar-refractivity contribution in [1.29, 1.82) is 0 Å². The van der Waals surface area contributed by atoms with E-state index in [1.807, 2.05) is 18.2 Å². The number of fused-ring (bicyclic) bond motifs is 1. The van der Waals surface area contributed by atoms with Crippen molar-refractivity contribution in [2.45, 2.75) is 19.4 Å². The summed E-state index contributed by atoms with van der Waals surface area (Å²) in [7, 11) is 1.68. The minimum absolute atomic E-state index is 0.208. The SMILES string of the molecule is COc1ccc(Br)c(NC(C)c2ccc3c(c2)CCO3)c1. The van der Waals surface area contributed by atoms with Gasteiger partial charge in [-0.2, -0.15) is 0 Å². The Labute approximate surface area is 133 Å². The van der Waals surface area contributed by atoms with Crippen LogP contribution >= 0.6 is 15.9 Å². The van der Waals surface area contributed by atoms with Gasteiger partial charge in [0.2, 0.25) is 0 Å². The van der Waals surface area contributed by atoms with E-state index in [1.54, 1.807) is 7.11 Å². The average molecular weight is 348 g/mol. The summed E-state index contributed by atoms with van der Waals surface area (Å²) in [6.45, 7) is 2.95. The highest BCUT2D eigenvalue weighted by Crippen LogP contribution is 2.32. The summed E-state index contributed by atoms with van der Waals surface area (Å²) < 4.78 is 11.9. The summed E-state index contributed by atoms with van der Waals surface area (Å²) in [5.41, 5.74) is 3.58. The van der Waals surface area contributed by atoms with Gasteiger partial charge < -0.3 is 14.8 Å². The predicted octanol–water partition coefficient (Wildman–Crippen LogP) is 4.57. The molecule has 0 radical (unpaired) electrons. The van der Waals surface area contributed by atoms with Gasteiger partial charge >= 0.3 is 0 Å². The predicted molar refractivity (Wildman–Crippen MR) is 88.4 cm³/mol. The average Bonchev–Trinajstić information content (AvgIpc) is 2.96. The lowest BCUT2D eigenvalue weighted by molar-refractivity contribution is 0.357. The van der Waals surface area contributed by atoms with Crippen molar-refractivity contribution in [2.24, 2.45) is 0 Å². The summed E-state index contributed by atoms with van der Waals surface area (Å²) in [5, 5.41) is 3.52. The third kappa shape index (κ3) is 3.00. The Morgan fingerprint density at radius 1 is 1.24 bits per heavy atom. The molecule has 0 fully saturated rings. The Kier molecular flexibility index (Phi) is 4.06. The number of ether oxygens (including phenoxy) is 2. The van der Waals surface area contributed by atoms with Gasteiger partial charge in [0.15, 0.2) is 0 Å². The molecule has 0 amide bonds. The van der Waals surface area contributed by atoms with Crippen LogP contribution in [0.5, 0.6) is 11.5 Å². The van der Waals surface area contributed by atoms with Crippen LogP contribution in [-0.4, -0.2) is 13.7 Å². The Bertz CT molecular complexity index is 657. The normalized spacial score (nSPS) is 14.2. The van der Waals surface area contributed by atoms with Crippen molar-refractivity contribution >= 4 is 21.6 Å². The van der Waals surface area contributed by atoms with Crippen molar-refractivity contribution in [1.82, 2.24) is 0 Å². The number of halogens is 1. The van der Waals surface area contributed by atoms with Crippen LogP contribution < -0.4 is 14.8 Å². The van der Waals surface area contributed by atoms with E-state index < -0.39 is 0 Å². The summed E-state index contributed by atoms with van der Waals surface area (Å²) in [5.74, 6) is 1.86. The maximum Gasteiger partial charge on any atom is 0.122 e. The topological polar surface area (TPSA) is 30.5 Å². The largest absolute Gasteiger partial charge is 0.497 e. The van der Waals surface area contributed by atoms with Crippen molar-refractivity contribution in [3.8, 4) is 11.5 Å². The molecule has 1 unspecified atom stereocenters. The first-order valence-corrected chi connectivity index (χ1v) is 7.82. The molecule has 2 aromatic rings. The van der Waals surface area contributed by atoms with E-state index in [0.29, 0.717) is 0 Å². The van der Waals surface area contributed by atoms with Gasteiger partial charge in [0.1, 0.15) is 11.5 Å². The second kappa shape index (κ2) is 5.98. The van der Waals surface area contributed by atoms with Gasteiger partial charge in [0.25, 0.3) is 0 Å². The molecule has 2 aromatic carbocycles. The summed E-state index contributed by atoms with van der Waals surface area (Å²) >= 11 is 3.57. The fourth-order valence-corrected chi connectivity index (χ4v) is 2.90. The number of hydrogen-bond acceptors (Lipinski definition) is 3. The smallest absolute Gasteiger partial charge is 0.122 e. The van der Waals surface area contributed by atoms with E-state index in [-0.39, 0.29) is 6.04 Å². The fourth-order valence-electron chi connectivity index (χ4n) is 2.53. The minimum atomic E-state index is 0.208. The Morgan fingerprint density at radius 2 is 2.10 bits per heavy atom. The van der Waals surface area contributed by atoms with Crippen LogP contribution in [0.1, 0.15) is 24.1 Å². The van der Waals surface area contributed by atoms with E-state index in [4.69, 9.17) is 9.47 Å². The standard InChI is InChI=1S/C17H18BrNO2/c1-11(12-3-6-17-13(9-12)7-8-21-17)19-16-10-14(20-2)4-5-15(16)18/h3-6,9-11,19H,7-8H2,1-2H3. The molecule has 0 saturated heterocycles. The molecule has 0 bridgehead atoms. The van der Waals surface area contributed by atoms with Gasteiger partial charge in [-0.3, -0.25) is 0 Å². The molecule has 3 nitrogen and oxygen atoms in total. The lowest BCUT2D eigenvalue weighted by Gasteiger charge is -2.18. The van der Waals surface area contributed by atoms with E-state index in [2.05, 4.69) is 46.4 Å². The molecule has 3 rings (SSSR count). The first kappa shape index (κ1) is 14.3. The number of nitrogens with one attached hydrogen (secondary N) is 1. The molecule has 110 valence electrons. The van der Waals surface area contributed by atoms with Gasteiger partial charge in [0, 0.05) is 23.0 Å². The Hall–Kier alpha value is -1.68. The van der Waals surface area contributed by atoms with E-state index in [1.165, 1.54) is 11.1 Å². The molecule has 21 heavy (non-hydrogen) atoms.